The van der Waals surface area contributed by atoms with Crippen LogP contribution in [0, 0.1) is 13.8 Å². The average molecular weight is 297 g/mol. The normalized spacial score (nSPS) is 20.6. The smallest absolute Gasteiger partial charge is 0.258 e. The number of ether oxygens (including phenoxy) is 1. The second-order valence-electron chi connectivity index (χ2n) is 5.20. The van der Waals surface area contributed by atoms with E-state index in [1.807, 2.05) is 32.0 Å². The maximum absolute atomic E-state index is 11.7. The first kappa shape index (κ1) is 14.8. The topological polar surface area (TPSA) is 72.5 Å². The fourth-order valence-electron chi connectivity index (χ4n) is 2.13. The van der Waals surface area contributed by atoms with Crippen molar-refractivity contribution in [3.8, 4) is 5.75 Å². The largest absolute Gasteiger partial charge is 0.484 e. The summed E-state index contributed by atoms with van der Waals surface area (Å²) >= 11 is 0. The van der Waals surface area contributed by atoms with Gasteiger partial charge < -0.3 is 10.1 Å². The number of rotatable bonds is 4. The van der Waals surface area contributed by atoms with E-state index >= 15 is 0 Å². The van der Waals surface area contributed by atoms with Crippen LogP contribution in [-0.2, 0) is 14.6 Å². The molecule has 1 N–H and O–H groups in total. The van der Waals surface area contributed by atoms with Crippen LogP contribution in [0.1, 0.15) is 17.5 Å². The van der Waals surface area contributed by atoms with E-state index in [1.54, 1.807) is 0 Å². The maximum atomic E-state index is 11.7. The minimum absolute atomic E-state index is 0.0301. The highest BCUT2D eigenvalue weighted by Gasteiger charge is 2.28. The first-order chi connectivity index (χ1) is 9.35. The zero-order chi connectivity index (χ0) is 14.8. The van der Waals surface area contributed by atoms with Crippen molar-refractivity contribution in [2.24, 2.45) is 0 Å². The third-order valence-corrected chi connectivity index (χ3v) is 5.21. The summed E-state index contributed by atoms with van der Waals surface area (Å²) in [5.41, 5.74) is 2.27. The number of carbonyl (C=O) groups is 1. The molecule has 1 heterocycles. The molecule has 1 aromatic rings. The van der Waals surface area contributed by atoms with Crippen LogP contribution in [0.2, 0.25) is 0 Å². The Morgan fingerprint density at radius 2 is 2.10 bits per heavy atom. The second-order valence-corrected chi connectivity index (χ2v) is 7.43. The van der Waals surface area contributed by atoms with Gasteiger partial charge in [0.25, 0.3) is 5.91 Å². The van der Waals surface area contributed by atoms with E-state index in [0.29, 0.717) is 12.2 Å². The van der Waals surface area contributed by atoms with Crippen molar-refractivity contribution in [3.05, 3.63) is 29.3 Å². The van der Waals surface area contributed by atoms with Gasteiger partial charge in [-0.1, -0.05) is 6.07 Å². The molecule has 1 aromatic carbocycles. The van der Waals surface area contributed by atoms with Crippen LogP contribution in [0.5, 0.6) is 5.75 Å². The van der Waals surface area contributed by atoms with Crippen LogP contribution in [-0.4, -0.2) is 38.5 Å². The molecule has 0 radical (unpaired) electrons. The molecule has 110 valence electrons. The van der Waals surface area contributed by atoms with Crippen LogP contribution in [0.4, 0.5) is 0 Å². The lowest BCUT2D eigenvalue weighted by Gasteiger charge is -2.12. The minimum Gasteiger partial charge on any atom is -0.484 e. The summed E-state index contributed by atoms with van der Waals surface area (Å²) in [7, 11) is -2.97. The van der Waals surface area contributed by atoms with E-state index < -0.39 is 9.84 Å². The van der Waals surface area contributed by atoms with Gasteiger partial charge in [0.2, 0.25) is 0 Å². The number of hydrogen-bond donors (Lipinski definition) is 1. The molecule has 0 aromatic heterocycles. The zero-order valence-corrected chi connectivity index (χ0v) is 12.5. The Hall–Kier alpha value is -1.56. The lowest BCUT2D eigenvalue weighted by atomic mass is 10.1. The minimum atomic E-state index is -2.97. The van der Waals surface area contributed by atoms with E-state index in [-0.39, 0.29) is 30.1 Å². The van der Waals surface area contributed by atoms with Gasteiger partial charge in [-0.3, -0.25) is 4.79 Å². The number of benzene rings is 1. The number of carbonyl (C=O) groups excluding carboxylic acids is 1. The van der Waals surface area contributed by atoms with Crippen molar-refractivity contribution < 1.29 is 17.9 Å². The lowest BCUT2D eigenvalue weighted by molar-refractivity contribution is -0.123. The van der Waals surface area contributed by atoms with Crippen molar-refractivity contribution in [1.82, 2.24) is 5.32 Å². The van der Waals surface area contributed by atoms with E-state index in [1.165, 1.54) is 0 Å². The Kier molecular flexibility index (Phi) is 4.32. The first-order valence-electron chi connectivity index (χ1n) is 6.55. The Balaban J connectivity index is 1.82. The van der Waals surface area contributed by atoms with Crippen LogP contribution in [0.15, 0.2) is 18.2 Å². The van der Waals surface area contributed by atoms with Crippen molar-refractivity contribution in [3.63, 3.8) is 0 Å². The van der Waals surface area contributed by atoms with Crippen molar-refractivity contribution >= 4 is 15.7 Å². The zero-order valence-electron chi connectivity index (χ0n) is 11.7. The van der Waals surface area contributed by atoms with Gasteiger partial charge in [-0.25, -0.2) is 8.42 Å². The lowest BCUT2D eigenvalue weighted by Crippen LogP contribution is -2.38. The first-order valence-corrected chi connectivity index (χ1v) is 8.38. The van der Waals surface area contributed by atoms with Crippen LogP contribution >= 0.6 is 0 Å². The molecule has 1 fully saturated rings. The highest BCUT2D eigenvalue weighted by molar-refractivity contribution is 7.91. The molecular weight excluding hydrogens is 278 g/mol. The van der Waals surface area contributed by atoms with Gasteiger partial charge in [-0.2, -0.15) is 0 Å². The van der Waals surface area contributed by atoms with Gasteiger partial charge in [-0.15, -0.1) is 0 Å². The van der Waals surface area contributed by atoms with Gasteiger partial charge in [0.15, 0.2) is 16.4 Å². The fraction of sp³-hybridized carbons (Fsp3) is 0.500. The fourth-order valence-corrected chi connectivity index (χ4v) is 3.80. The van der Waals surface area contributed by atoms with Crippen molar-refractivity contribution in [2.75, 3.05) is 18.1 Å². The van der Waals surface area contributed by atoms with Gasteiger partial charge >= 0.3 is 0 Å². The third-order valence-electron chi connectivity index (χ3n) is 3.45. The van der Waals surface area contributed by atoms with Crippen molar-refractivity contribution in [1.29, 1.82) is 0 Å². The summed E-state index contributed by atoms with van der Waals surface area (Å²) in [6.07, 6.45) is 0.484. The Bertz CT molecular complexity index is 610. The molecule has 20 heavy (non-hydrogen) atoms. The summed E-state index contributed by atoms with van der Waals surface area (Å²) in [5.74, 6) is 0.533. The Labute approximate surface area is 119 Å². The molecule has 1 amide bonds. The highest BCUT2D eigenvalue weighted by Crippen LogP contribution is 2.16. The summed E-state index contributed by atoms with van der Waals surface area (Å²) in [6, 6.07) is 5.35. The number of nitrogens with one attached hydrogen (secondary N) is 1. The number of aryl methyl sites for hydroxylation is 2. The van der Waals surface area contributed by atoms with Crippen LogP contribution in [0.3, 0.4) is 0 Å². The molecule has 0 bridgehead atoms. The summed E-state index contributed by atoms with van der Waals surface area (Å²) in [6.45, 7) is 3.89. The average Bonchev–Trinajstić information content (AvgIpc) is 2.70. The molecule has 1 aliphatic heterocycles. The second kappa shape index (κ2) is 5.83. The predicted molar refractivity (Wildman–Crippen MR) is 76.6 cm³/mol. The molecular formula is C14H19NO4S. The van der Waals surface area contributed by atoms with Crippen molar-refractivity contribution in [2.45, 2.75) is 26.3 Å². The molecule has 1 aliphatic rings. The summed E-state index contributed by atoms with van der Waals surface area (Å²) in [5, 5.41) is 2.69. The van der Waals surface area contributed by atoms with Gasteiger partial charge in [0.1, 0.15) is 5.75 Å². The Morgan fingerprint density at radius 1 is 1.35 bits per heavy atom. The molecule has 2 rings (SSSR count). The molecule has 0 unspecified atom stereocenters. The van der Waals surface area contributed by atoms with Crippen LogP contribution in [0.25, 0.3) is 0 Å². The number of sulfone groups is 1. The van der Waals surface area contributed by atoms with E-state index in [4.69, 9.17) is 4.74 Å². The predicted octanol–water partition coefficient (Wildman–Crippen LogP) is 0.986. The number of amides is 1. The SMILES string of the molecule is Cc1ccc(OCC(=O)N[C@@H]2CCS(=O)(=O)C2)cc1C. The van der Waals surface area contributed by atoms with Gasteiger partial charge in [0.05, 0.1) is 11.5 Å². The molecule has 6 heteroatoms. The van der Waals surface area contributed by atoms with E-state index in [0.717, 1.165) is 11.1 Å². The molecule has 1 saturated heterocycles. The molecule has 1 atom stereocenters. The summed E-state index contributed by atoms with van der Waals surface area (Å²) < 4.78 is 28.0. The van der Waals surface area contributed by atoms with Gasteiger partial charge in [0, 0.05) is 6.04 Å². The van der Waals surface area contributed by atoms with E-state index in [2.05, 4.69) is 5.32 Å². The molecule has 0 saturated carbocycles. The Morgan fingerprint density at radius 3 is 2.70 bits per heavy atom. The maximum Gasteiger partial charge on any atom is 0.258 e. The molecule has 5 nitrogen and oxygen atoms in total. The number of hydrogen-bond acceptors (Lipinski definition) is 4. The van der Waals surface area contributed by atoms with Gasteiger partial charge in [-0.05, 0) is 43.5 Å². The van der Waals surface area contributed by atoms with E-state index in [9.17, 15) is 13.2 Å². The molecule has 0 aliphatic carbocycles. The molecule has 0 spiro atoms. The standard InChI is InChI=1S/C14H19NO4S/c1-10-3-4-13(7-11(10)2)19-8-14(16)15-12-5-6-20(17,18)9-12/h3-4,7,12H,5-6,8-9H2,1-2H3,(H,15,16)/t12-/m1/s1. The monoisotopic (exact) mass is 297 g/mol. The summed E-state index contributed by atoms with van der Waals surface area (Å²) in [4.78, 5) is 11.7. The third kappa shape index (κ3) is 3.96. The quantitative estimate of drug-likeness (QED) is 0.899. The highest BCUT2D eigenvalue weighted by atomic mass is 32.2. The van der Waals surface area contributed by atoms with Crippen LogP contribution < -0.4 is 10.1 Å².